The van der Waals surface area contributed by atoms with Crippen LogP contribution in [0.2, 0.25) is 0 Å². The quantitative estimate of drug-likeness (QED) is 0.676. The largest absolute Gasteiger partial charge is 0.444 e. The molecule has 0 bridgehead atoms. The van der Waals surface area contributed by atoms with E-state index in [2.05, 4.69) is 5.32 Å². The third-order valence-electron chi connectivity index (χ3n) is 2.17. The maximum absolute atomic E-state index is 12.7. The second-order valence-electron chi connectivity index (χ2n) is 5.06. The Labute approximate surface area is 110 Å². The second-order valence-corrected chi connectivity index (χ2v) is 5.06. The molecular weight excluding hydrogens is 262 g/mol. The molecule has 0 aliphatic carbocycles. The van der Waals surface area contributed by atoms with Gasteiger partial charge < -0.3 is 20.5 Å². The van der Waals surface area contributed by atoms with Crippen LogP contribution in [-0.2, 0) is 9.53 Å². The highest BCUT2D eigenvalue weighted by molar-refractivity contribution is 5.86. The summed E-state index contributed by atoms with van der Waals surface area (Å²) in [6.45, 7) is 1.68. The number of alkyl carbamates (subject to hydrolysis) is 1. The van der Waals surface area contributed by atoms with Gasteiger partial charge in [-0.2, -0.15) is 0 Å². The van der Waals surface area contributed by atoms with Crippen LogP contribution in [-0.4, -0.2) is 54.7 Å². The minimum atomic E-state index is -2.63. The molecule has 1 atom stereocenters. The maximum atomic E-state index is 12.7. The fourth-order valence-corrected chi connectivity index (χ4v) is 1.20. The molecule has 8 heteroatoms. The van der Waals surface area contributed by atoms with E-state index in [-0.39, 0.29) is 0 Å². The fourth-order valence-electron chi connectivity index (χ4n) is 1.20. The van der Waals surface area contributed by atoms with E-state index in [0.717, 1.165) is 0 Å². The Bertz CT molecular complexity index is 327. The first-order valence-electron chi connectivity index (χ1n) is 5.65. The summed E-state index contributed by atoms with van der Waals surface area (Å²) < 4.78 is 30.3. The molecule has 0 unspecified atom stereocenters. The zero-order valence-corrected chi connectivity index (χ0v) is 11.4. The number of alkyl halides is 2. The Morgan fingerprint density at radius 1 is 1.26 bits per heavy atom. The summed E-state index contributed by atoms with van der Waals surface area (Å²) in [6.07, 6.45) is -1.05. The zero-order chi connectivity index (χ0) is 15.3. The van der Waals surface area contributed by atoms with Crippen molar-refractivity contribution >= 4 is 12.0 Å². The molecule has 0 rings (SSSR count). The smallest absolute Gasteiger partial charge is 0.408 e. The van der Waals surface area contributed by atoms with E-state index in [1.165, 1.54) is 7.05 Å². The number of likely N-dealkylation sites (N-methyl/N-ethyl adjacent to an activating group) is 1. The van der Waals surface area contributed by atoms with Gasteiger partial charge in [-0.1, -0.05) is 0 Å². The van der Waals surface area contributed by atoms with Crippen molar-refractivity contribution in [3.8, 4) is 0 Å². The van der Waals surface area contributed by atoms with Crippen molar-refractivity contribution in [1.82, 2.24) is 10.6 Å². The number of carbonyl (C=O) groups is 2. The van der Waals surface area contributed by atoms with Crippen LogP contribution in [0.5, 0.6) is 0 Å². The van der Waals surface area contributed by atoms with E-state index in [1.807, 2.05) is 5.32 Å². The van der Waals surface area contributed by atoms with Gasteiger partial charge in [0.05, 0.1) is 0 Å². The topological polar surface area (TPSA) is 87.7 Å². The highest BCUT2D eigenvalue weighted by Crippen LogP contribution is 2.15. The minimum absolute atomic E-state index is 0.846. The maximum Gasteiger partial charge on any atom is 0.408 e. The molecule has 0 spiro atoms. The van der Waals surface area contributed by atoms with Crippen LogP contribution in [0.4, 0.5) is 13.6 Å². The highest BCUT2D eigenvalue weighted by atomic mass is 19.1. The van der Waals surface area contributed by atoms with E-state index in [9.17, 15) is 23.5 Å². The summed E-state index contributed by atoms with van der Waals surface area (Å²) in [5.74, 6) is -0.927. The van der Waals surface area contributed by atoms with Gasteiger partial charge in [0.2, 0.25) is 5.91 Å². The Morgan fingerprint density at radius 2 is 1.74 bits per heavy atom. The first-order chi connectivity index (χ1) is 8.59. The van der Waals surface area contributed by atoms with E-state index < -0.39 is 42.6 Å². The number of rotatable bonds is 5. The van der Waals surface area contributed by atoms with E-state index >= 15 is 0 Å². The third-order valence-corrected chi connectivity index (χ3v) is 2.17. The van der Waals surface area contributed by atoms with Crippen LogP contribution >= 0.6 is 0 Å². The minimum Gasteiger partial charge on any atom is -0.444 e. The number of carbonyl (C=O) groups excluding carboxylic acids is 2. The lowest BCUT2D eigenvalue weighted by Gasteiger charge is -2.31. The molecule has 0 aliphatic heterocycles. The number of aliphatic hydroxyl groups is 1. The number of hydrogen-bond acceptors (Lipinski definition) is 4. The molecule has 19 heavy (non-hydrogen) atoms. The lowest BCUT2D eigenvalue weighted by atomic mass is 9.96. The molecule has 0 saturated carbocycles. The van der Waals surface area contributed by atoms with Gasteiger partial charge in [0.15, 0.2) is 5.60 Å². The zero-order valence-electron chi connectivity index (χ0n) is 11.4. The summed E-state index contributed by atoms with van der Waals surface area (Å²) in [4.78, 5) is 23.0. The standard InChI is InChI=1S/C11H20F2N2O4/c1-10(2,3)19-9(17)15-7(8(16)14-4)11(18,5-12)6-13/h7,18H,5-6H2,1-4H3,(H,14,16)(H,15,17)/t7-/m1/s1. The van der Waals surface area contributed by atoms with E-state index in [4.69, 9.17) is 4.74 Å². The molecule has 0 radical (unpaired) electrons. The number of hydrogen-bond donors (Lipinski definition) is 3. The van der Waals surface area contributed by atoms with Gasteiger partial charge in [-0.05, 0) is 20.8 Å². The van der Waals surface area contributed by atoms with Crippen molar-refractivity contribution in [2.75, 3.05) is 20.4 Å². The van der Waals surface area contributed by atoms with Crippen molar-refractivity contribution < 1.29 is 28.2 Å². The first-order valence-corrected chi connectivity index (χ1v) is 5.65. The van der Waals surface area contributed by atoms with Crippen LogP contribution in [0.3, 0.4) is 0 Å². The summed E-state index contributed by atoms with van der Waals surface area (Å²) in [6, 6.07) is -1.79. The second kappa shape index (κ2) is 6.65. The predicted molar refractivity (Wildman–Crippen MR) is 64.1 cm³/mol. The van der Waals surface area contributed by atoms with E-state index in [0.29, 0.717) is 0 Å². The van der Waals surface area contributed by atoms with Gasteiger partial charge in [0, 0.05) is 7.05 Å². The van der Waals surface area contributed by atoms with Crippen molar-refractivity contribution in [2.24, 2.45) is 0 Å². The molecule has 0 heterocycles. The normalized spacial score (nSPS) is 13.6. The summed E-state index contributed by atoms with van der Waals surface area (Å²) in [5, 5.41) is 13.7. The Morgan fingerprint density at radius 3 is 2.05 bits per heavy atom. The average Bonchev–Trinajstić information content (AvgIpc) is 2.32. The van der Waals surface area contributed by atoms with Gasteiger partial charge in [-0.3, -0.25) is 4.79 Å². The molecule has 2 amide bonds. The molecular formula is C11H20F2N2O4. The van der Waals surface area contributed by atoms with Crippen molar-refractivity contribution in [2.45, 2.75) is 38.0 Å². The SMILES string of the molecule is CNC(=O)[C@@H](NC(=O)OC(C)(C)C)C(O)(CF)CF. The third kappa shape index (κ3) is 5.37. The number of nitrogens with one attached hydrogen (secondary N) is 2. The van der Waals surface area contributed by atoms with Crippen LogP contribution in [0.25, 0.3) is 0 Å². The van der Waals surface area contributed by atoms with Crippen molar-refractivity contribution in [1.29, 1.82) is 0 Å². The molecule has 112 valence electrons. The summed E-state index contributed by atoms with van der Waals surface area (Å²) in [7, 11) is 1.21. The monoisotopic (exact) mass is 282 g/mol. The molecule has 3 N–H and O–H groups in total. The number of amides is 2. The fraction of sp³-hybridized carbons (Fsp3) is 0.818. The summed E-state index contributed by atoms with van der Waals surface area (Å²) in [5.41, 5.74) is -3.47. The highest BCUT2D eigenvalue weighted by Gasteiger charge is 2.43. The van der Waals surface area contributed by atoms with Gasteiger partial charge in [-0.25, -0.2) is 13.6 Å². The van der Waals surface area contributed by atoms with Gasteiger partial charge in [-0.15, -0.1) is 0 Å². The molecule has 0 aromatic heterocycles. The van der Waals surface area contributed by atoms with Crippen LogP contribution in [0, 0.1) is 0 Å². The van der Waals surface area contributed by atoms with E-state index in [1.54, 1.807) is 20.8 Å². The lowest BCUT2D eigenvalue weighted by molar-refractivity contribution is -0.132. The van der Waals surface area contributed by atoms with Crippen LogP contribution in [0.1, 0.15) is 20.8 Å². The van der Waals surface area contributed by atoms with Crippen molar-refractivity contribution in [3.63, 3.8) is 0 Å². The van der Waals surface area contributed by atoms with Gasteiger partial charge >= 0.3 is 6.09 Å². The Hall–Kier alpha value is -1.44. The van der Waals surface area contributed by atoms with Crippen LogP contribution in [0.15, 0.2) is 0 Å². The molecule has 0 aromatic rings. The first kappa shape index (κ1) is 17.6. The average molecular weight is 282 g/mol. The number of ether oxygens (including phenoxy) is 1. The molecule has 0 fully saturated rings. The summed E-state index contributed by atoms with van der Waals surface area (Å²) >= 11 is 0. The molecule has 0 aromatic carbocycles. The Balaban J connectivity index is 4.99. The van der Waals surface area contributed by atoms with Crippen LogP contribution < -0.4 is 10.6 Å². The molecule has 0 aliphatic rings. The van der Waals surface area contributed by atoms with Crippen molar-refractivity contribution in [3.05, 3.63) is 0 Å². The van der Waals surface area contributed by atoms with Gasteiger partial charge in [0.25, 0.3) is 0 Å². The lowest BCUT2D eigenvalue weighted by Crippen LogP contribution is -2.62. The molecule has 0 saturated heterocycles. The molecule has 6 nitrogen and oxygen atoms in total. The number of halogens is 2. The predicted octanol–water partition coefficient (Wildman–Crippen LogP) is 0.296. The van der Waals surface area contributed by atoms with Gasteiger partial charge in [0.1, 0.15) is 25.0 Å². The Kier molecular flexibility index (Phi) is 6.14.